The number of ether oxygens (including phenoxy) is 1. The smallest absolute Gasteiger partial charge is 0.281 e. The minimum Gasteiger partial charge on any atom is -0.494 e. The maximum absolute atomic E-state index is 13.0. The lowest BCUT2D eigenvalue weighted by Crippen LogP contribution is -2.50. The summed E-state index contributed by atoms with van der Waals surface area (Å²) in [7, 11) is -3.48. The summed E-state index contributed by atoms with van der Waals surface area (Å²) in [6, 6.07) is 7.65. The van der Waals surface area contributed by atoms with Crippen LogP contribution in [0.15, 0.2) is 24.3 Å². The van der Waals surface area contributed by atoms with E-state index >= 15 is 0 Å². The van der Waals surface area contributed by atoms with Crippen molar-refractivity contribution in [2.24, 2.45) is 5.92 Å². The monoisotopic (exact) mass is 423 g/mol. The first-order valence-corrected chi connectivity index (χ1v) is 12.1. The third-order valence-electron chi connectivity index (χ3n) is 5.67. The summed E-state index contributed by atoms with van der Waals surface area (Å²) < 4.78 is 34.6. The molecule has 2 saturated heterocycles. The van der Waals surface area contributed by atoms with Gasteiger partial charge in [0.1, 0.15) is 5.75 Å². The van der Waals surface area contributed by atoms with E-state index in [0.29, 0.717) is 39.2 Å². The molecular formula is C21H33N3O4S. The van der Waals surface area contributed by atoms with Crippen LogP contribution >= 0.6 is 0 Å². The first kappa shape index (κ1) is 22.1. The molecule has 1 amide bonds. The Kier molecular flexibility index (Phi) is 7.91. The van der Waals surface area contributed by atoms with Crippen LogP contribution in [0.2, 0.25) is 0 Å². The minimum atomic E-state index is -3.48. The lowest BCUT2D eigenvalue weighted by molar-refractivity contribution is -0.126. The molecule has 2 fully saturated rings. The lowest BCUT2D eigenvalue weighted by atomic mass is 9.99. The molecule has 1 aromatic carbocycles. The molecule has 2 heterocycles. The highest BCUT2D eigenvalue weighted by atomic mass is 32.2. The van der Waals surface area contributed by atoms with E-state index in [1.165, 1.54) is 4.31 Å². The highest BCUT2D eigenvalue weighted by Crippen LogP contribution is 2.23. The SMILES string of the molecule is CCOc1ccc(CNC(=O)C2CCCN(S(=O)(=O)N3CCCCCC3)C2)cc1. The highest BCUT2D eigenvalue weighted by molar-refractivity contribution is 7.86. The van der Waals surface area contributed by atoms with Crippen molar-refractivity contribution in [2.75, 3.05) is 32.8 Å². The van der Waals surface area contributed by atoms with Crippen LogP contribution in [0.25, 0.3) is 0 Å². The molecule has 1 N–H and O–H groups in total. The summed E-state index contributed by atoms with van der Waals surface area (Å²) in [5.74, 6) is 0.437. The molecule has 0 aromatic heterocycles. The van der Waals surface area contributed by atoms with Crippen molar-refractivity contribution in [1.82, 2.24) is 13.9 Å². The Labute approximate surface area is 174 Å². The van der Waals surface area contributed by atoms with Gasteiger partial charge in [0.05, 0.1) is 12.5 Å². The molecule has 0 spiro atoms. The molecular weight excluding hydrogens is 390 g/mol. The Bertz CT molecular complexity index is 759. The van der Waals surface area contributed by atoms with Crippen molar-refractivity contribution >= 4 is 16.1 Å². The molecule has 162 valence electrons. The van der Waals surface area contributed by atoms with E-state index in [9.17, 15) is 13.2 Å². The van der Waals surface area contributed by atoms with Gasteiger partial charge in [0, 0.05) is 32.7 Å². The summed E-state index contributed by atoms with van der Waals surface area (Å²) in [6.07, 6.45) is 5.44. The van der Waals surface area contributed by atoms with Crippen LogP contribution in [0, 0.1) is 5.92 Å². The van der Waals surface area contributed by atoms with Crippen LogP contribution in [-0.4, -0.2) is 55.7 Å². The quantitative estimate of drug-likeness (QED) is 0.731. The number of nitrogens with zero attached hydrogens (tertiary/aromatic N) is 2. The van der Waals surface area contributed by atoms with Gasteiger partial charge >= 0.3 is 0 Å². The first-order valence-electron chi connectivity index (χ1n) is 10.8. The fraction of sp³-hybridized carbons (Fsp3) is 0.667. The molecule has 2 aliphatic heterocycles. The summed E-state index contributed by atoms with van der Waals surface area (Å²) in [5.41, 5.74) is 0.992. The van der Waals surface area contributed by atoms with E-state index in [1.807, 2.05) is 31.2 Å². The van der Waals surface area contributed by atoms with Crippen molar-refractivity contribution in [2.45, 2.75) is 52.0 Å². The van der Waals surface area contributed by atoms with Crippen LogP contribution in [0.1, 0.15) is 51.0 Å². The Hall–Kier alpha value is -1.64. The van der Waals surface area contributed by atoms with Gasteiger partial charge in [-0.1, -0.05) is 25.0 Å². The number of hydrogen-bond acceptors (Lipinski definition) is 4. The molecule has 0 aliphatic carbocycles. The molecule has 3 rings (SSSR count). The molecule has 1 atom stereocenters. The number of carbonyl (C=O) groups is 1. The fourth-order valence-electron chi connectivity index (χ4n) is 4.01. The van der Waals surface area contributed by atoms with Gasteiger partial charge in [0.2, 0.25) is 5.91 Å². The number of rotatable bonds is 7. The standard InChI is InChI=1S/C21H33N3O4S/c1-2-28-20-11-9-18(10-12-20)16-22-21(25)19-8-7-15-24(17-19)29(26,27)23-13-5-3-4-6-14-23/h9-12,19H,2-8,13-17H2,1H3,(H,22,25). The van der Waals surface area contributed by atoms with E-state index in [-0.39, 0.29) is 18.4 Å². The summed E-state index contributed by atoms with van der Waals surface area (Å²) in [4.78, 5) is 12.7. The van der Waals surface area contributed by atoms with Gasteiger partial charge in [-0.2, -0.15) is 17.0 Å². The largest absolute Gasteiger partial charge is 0.494 e. The fourth-order valence-corrected chi connectivity index (χ4v) is 5.78. The van der Waals surface area contributed by atoms with E-state index in [0.717, 1.165) is 43.4 Å². The molecule has 29 heavy (non-hydrogen) atoms. The molecule has 1 aromatic rings. The molecule has 1 unspecified atom stereocenters. The first-order chi connectivity index (χ1) is 14.0. The maximum Gasteiger partial charge on any atom is 0.281 e. The van der Waals surface area contributed by atoms with Crippen LogP contribution in [0.4, 0.5) is 0 Å². The van der Waals surface area contributed by atoms with E-state index in [1.54, 1.807) is 4.31 Å². The van der Waals surface area contributed by atoms with Crippen LogP contribution in [0.5, 0.6) is 5.75 Å². The molecule has 0 radical (unpaired) electrons. The predicted molar refractivity (Wildman–Crippen MR) is 113 cm³/mol. The Morgan fingerprint density at radius 3 is 2.34 bits per heavy atom. The number of benzene rings is 1. The van der Waals surface area contributed by atoms with Crippen molar-refractivity contribution in [3.05, 3.63) is 29.8 Å². The van der Waals surface area contributed by atoms with Crippen molar-refractivity contribution < 1.29 is 17.9 Å². The number of piperidine rings is 1. The zero-order valence-electron chi connectivity index (χ0n) is 17.3. The Morgan fingerprint density at radius 2 is 1.69 bits per heavy atom. The summed E-state index contributed by atoms with van der Waals surface area (Å²) >= 11 is 0. The second-order valence-electron chi connectivity index (χ2n) is 7.81. The number of hydrogen-bond donors (Lipinski definition) is 1. The third kappa shape index (κ3) is 5.93. The zero-order valence-corrected chi connectivity index (χ0v) is 18.1. The van der Waals surface area contributed by atoms with Crippen molar-refractivity contribution in [3.63, 3.8) is 0 Å². The lowest BCUT2D eigenvalue weighted by Gasteiger charge is -2.34. The summed E-state index contributed by atoms with van der Waals surface area (Å²) in [6.45, 7) is 4.94. The van der Waals surface area contributed by atoms with Crippen molar-refractivity contribution in [3.8, 4) is 5.75 Å². The molecule has 8 heteroatoms. The minimum absolute atomic E-state index is 0.0744. The van der Waals surface area contributed by atoms with Gasteiger partial charge in [0.25, 0.3) is 10.2 Å². The van der Waals surface area contributed by atoms with E-state index in [4.69, 9.17) is 4.74 Å². The van der Waals surface area contributed by atoms with Crippen molar-refractivity contribution in [1.29, 1.82) is 0 Å². The molecule has 7 nitrogen and oxygen atoms in total. The van der Waals surface area contributed by atoms with Gasteiger partial charge in [-0.15, -0.1) is 0 Å². The van der Waals surface area contributed by atoms with Gasteiger partial charge < -0.3 is 10.1 Å². The third-order valence-corrected chi connectivity index (χ3v) is 7.68. The van der Waals surface area contributed by atoms with Crippen LogP contribution in [-0.2, 0) is 21.5 Å². The summed E-state index contributed by atoms with van der Waals surface area (Å²) in [5, 5.41) is 2.97. The average Bonchev–Trinajstić information content (AvgIpc) is 3.03. The topological polar surface area (TPSA) is 79.0 Å². The molecule has 0 saturated carbocycles. The second kappa shape index (κ2) is 10.4. The van der Waals surface area contributed by atoms with E-state index in [2.05, 4.69) is 5.32 Å². The van der Waals surface area contributed by atoms with Crippen LogP contribution < -0.4 is 10.1 Å². The second-order valence-corrected chi connectivity index (χ2v) is 9.74. The van der Waals surface area contributed by atoms with Gasteiger partial charge in [-0.3, -0.25) is 4.79 Å². The predicted octanol–water partition coefficient (Wildman–Crippen LogP) is 2.53. The van der Waals surface area contributed by atoms with E-state index < -0.39 is 10.2 Å². The van der Waals surface area contributed by atoms with Gasteiger partial charge in [0.15, 0.2) is 0 Å². The Morgan fingerprint density at radius 1 is 1.03 bits per heavy atom. The highest BCUT2D eigenvalue weighted by Gasteiger charge is 2.35. The Balaban J connectivity index is 1.54. The number of nitrogens with one attached hydrogen (secondary N) is 1. The number of amides is 1. The normalized spacial score (nSPS) is 22.0. The average molecular weight is 424 g/mol. The molecule has 0 bridgehead atoms. The number of carbonyl (C=O) groups excluding carboxylic acids is 1. The van der Waals surface area contributed by atoms with Gasteiger partial charge in [-0.05, 0) is 50.3 Å². The molecule has 2 aliphatic rings. The zero-order chi connectivity index (χ0) is 20.7. The maximum atomic E-state index is 13.0. The van der Waals surface area contributed by atoms with Gasteiger partial charge in [-0.25, -0.2) is 0 Å². The van der Waals surface area contributed by atoms with Crippen LogP contribution in [0.3, 0.4) is 0 Å².